The van der Waals surface area contributed by atoms with Crippen LogP contribution in [0.1, 0.15) is 188 Å². The van der Waals surface area contributed by atoms with Crippen molar-refractivity contribution in [3.63, 3.8) is 0 Å². The molecule has 0 saturated carbocycles. The molecule has 60 heavy (non-hydrogen) atoms. The molecule has 0 aromatic rings. The van der Waals surface area contributed by atoms with Gasteiger partial charge in [0, 0.05) is 51.4 Å². The number of carbonyl (C=O) groups excluding carboxylic acids is 5. The fourth-order valence-corrected chi connectivity index (χ4v) is 7.14. The largest absolute Gasteiger partial charge is 0.481 e. The summed E-state index contributed by atoms with van der Waals surface area (Å²) >= 11 is 7.83. The number of unbranched alkanes of at least 4 members (excludes halogenated alkanes) is 14. The van der Waals surface area contributed by atoms with Gasteiger partial charge in [-0.3, -0.25) is 33.5 Å². The maximum absolute atomic E-state index is 12.3. The highest BCUT2D eigenvalue weighted by atomic mass is 32.1. The summed E-state index contributed by atoms with van der Waals surface area (Å²) < 4.78 is 2.65. The van der Waals surface area contributed by atoms with Crippen LogP contribution in [0.2, 0.25) is 0 Å². The highest BCUT2D eigenvalue weighted by Gasteiger charge is 2.28. The molecular formula is C43H82N6O9S2. The molecule has 350 valence electrons. The summed E-state index contributed by atoms with van der Waals surface area (Å²) in [5, 5.41) is 32.4. The molecule has 0 spiro atoms. The van der Waals surface area contributed by atoms with Gasteiger partial charge in [-0.15, -0.1) is 12.6 Å². The lowest BCUT2D eigenvalue weighted by Gasteiger charge is -2.31. The van der Waals surface area contributed by atoms with Crippen LogP contribution in [-0.4, -0.2) is 94.7 Å². The molecule has 4 unspecified atom stereocenters. The molecule has 1 rings (SSSR count). The van der Waals surface area contributed by atoms with Gasteiger partial charge in [0.1, 0.15) is 6.04 Å². The molecule has 1 aliphatic heterocycles. The molecule has 0 aromatic carbocycles. The first-order valence-electron chi connectivity index (χ1n) is 22.9. The molecule has 1 heterocycles. The van der Waals surface area contributed by atoms with Gasteiger partial charge in [-0.05, 0) is 64.2 Å². The lowest BCUT2D eigenvalue weighted by molar-refractivity contribution is -0.142. The van der Waals surface area contributed by atoms with Gasteiger partial charge in [0.15, 0.2) is 0 Å². The SMILES string of the molecule is CC.CC.O=C(O)CCCCCCCCCCCCCCC(=O)NC(CCC(=O)NCCCCCC(=O)NCCCCC1NC(CCC(NS)C(=O)S)CNC1=O)C(=O)O. The lowest BCUT2D eigenvalue weighted by atomic mass is 10.0. The first kappa shape index (κ1) is 59.2. The monoisotopic (exact) mass is 891 g/mol. The van der Waals surface area contributed by atoms with Gasteiger partial charge in [-0.25, -0.2) is 4.79 Å². The molecule has 4 atom stereocenters. The van der Waals surface area contributed by atoms with Crippen molar-refractivity contribution in [1.82, 2.24) is 31.3 Å². The Bertz CT molecular complexity index is 1180. The molecule has 15 nitrogen and oxygen atoms in total. The Morgan fingerprint density at radius 3 is 1.58 bits per heavy atom. The van der Waals surface area contributed by atoms with Gasteiger partial charge < -0.3 is 36.8 Å². The predicted octanol–water partition coefficient (Wildman–Crippen LogP) is 6.39. The van der Waals surface area contributed by atoms with Crippen LogP contribution in [0.4, 0.5) is 0 Å². The van der Waals surface area contributed by atoms with E-state index in [-0.39, 0.29) is 66.5 Å². The zero-order valence-corrected chi connectivity index (χ0v) is 39.0. The number of carboxylic acid groups (broad SMARTS) is 2. The summed E-state index contributed by atoms with van der Waals surface area (Å²) in [5.41, 5.74) is 0. The molecule has 1 fully saturated rings. The highest BCUT2D eigenvalue weighted by molar-refractivity contribution is 7.96. The lowest BCUT2D eigenvalue weighted by Crippen LogP contribution is -2.58. The first-order valence-corrected chi connectivity index (χ1v) is 23.8. The fraction of sp³-hybridized carbons (Fsp3) is 0.837. The zero-order valence-electron chi connectivity index (χ0n) is 37.3. The second-order valence-corrected chi connectivity index (χ2v) is 15.6. The topological polar surface area (TPSA) is 232 Å². The van der Waals surface area contributed by atoms with Crippen molar-refractivity contribution < 1.29 is 43.8 Å². The van der Waals surface area contributed by atoms with Gasteiger partial charge in [-0.1, -0.05) is 111 Å². The minimum absolute atomic E-state index is 0.00913. The summed E-state index contributed by atoms with van der Waals surface area (Å²) in [6.45, 7) is 9.44. The maximum Gasteiger partial charge on any atom is 0.326 e. The van der Waals surface area contributed by atoms with Gasteiger partial charge in [0.05, 0.1) is 12.1 Å². The molecule has 0 radical (unpaired) electrons. The van der Waals surface area contributed by atoms with E-state index < -0.39 is 24.0 Å². The second kappa shape index (κ2) is 41.5. The Morgan fingerprint density at radius 1 is 0.617 bits per heavy atom. The van der Waals surface area contributed by atoms with Crippen molar-refractivity contribution in [2.24, 2.45) is 0 Å². The molecule has 0 bridgehead atoms. The number of hydrogen-bond donors (Lipinski definition) is 10. The predicted molar refractivity (Wildman–Crippen MR) is 245 cm³/mol. The molecule has 0 aromatic heterocycles. The molecule has 1 saturated heterocycles. The number of amides is 4. The Labute approximate surface area is 372 Å². The number of hydrogen-bond acceptors (Lipinski definition) is 10. The van der Waals surface area contributed by atoms with Crippen LogP contribution in [0, 0.1) is 0 Å². The fourth-order valence-electron chi connectivity index (χ4n) is 6.60. The summed E-state index contributed by atoms with van der Waals surface area (Å²) in [6.07, 6.45) is 18.8. The van der Waals surface area contributed by atoms with E-state index >= 15 is 0 Å². The zero-order chi connectivity index (χ0) is 45.4. The van der Waals surface area contributed by atoms with Crippen molar-refractivity contribution >= 4 is 66.1 Å². The summed E-state index contributed by atoms with van der Waals surface area (Å²) in [7, 11) is 0. The minimum atomic E-state index is -1.16. The van der Waals surface area contributed by atoms with Crippen LogP contribution >= 0.6 is 25.4 Å². The second-order valence-electron chi connectivity index (χ2n) is 14.9. The highest BCUT2D eigenvalue weighted by Crippen LogP contribution is 2.14. The van der Waals surface area contributed by atoms with Crippen LogP contribution in [0.25, 0.3) is 0 Å². The number of piperazine rings is 1. The minimum Gasteiger partial charge on any atom is -0.481 e. The molecule has 17 heteroatoms. The first-order chi connectivity index (χ1) is 28.9. The van der Waals surface area contributed by atoms with E-state index in [1.54, 1.807) is 0 Å². The van der Waals surface area contributed by atoms with Gasteiger partial charge in [-0.2, -0.15) is 0 Å². The van der Waals surface area contributed by atoms with E-state index in [2.05, 4.69) is 56.7 Å². The number of carboxylic acids is 2. The van der Waals surface area contributed by atoms with Gasteiger partial charge >= 0.3 is 11.9 Å². The van der Waals surface area contributed by atoms with Crippen LogP contribution < -0.4 is 31.3 Å². The van der Waals surface area contributed by atoms with Crippen LogP contribution in [-0.2, 0) is 33.6 Å². The number of carbonyl (C=O) groups is 7. The molecule has 1 aliphatic rings. The van der Waals surface area contributed by atoms with Gasteiger partial charge in [0.2, 0.25) is 28.7 Å². The third-order valence-electron chi connectivity index (χ3n) is 10.0. The van der Waals surface area contributed by atoms with E-state index in [9.17, 15) is 38.7 Å². The standard InChI is InChI=1S/C39H70N6O9S2.2C2H6/c46-33(40-27-17-15-18-30-37(51)42-28-29(43-30)22-23-32(45-56)39(54)55)19-13-11-16-26-41-34(47)25-24-31(38(52)53)44-35(48)20-12-9-7-5-3-1-2-4-6-8-10-14-21-36(49)50;2*1-2/h29-32,43,45,56H,1-28H2,(H,40,46)(H,41,47)(H,42,51)(H,44,48)(H,49,50)(H,52,53)(H,54,55);2*1-2H3. The summed E-state index contributed by atoms with van der Waals surface area (Å²) in [5.74, 6) is -2.57. The van der Waals surface area contributed by atoms with Gasteiger partial charge in [0.25, 0.3) is 0 Å². The van der Waals surface area contributed by atoms with Crippen LogP contribution in [0.3, 0.4) is 0 Å². The van der Waals surface area contributed by atoms with Crippen molar-refractivity contribution in [1.29, 1.82) is 0 Å². The Kier molecular flexibility index (Phi) is 40.9. The third kappa shape index (κ3) is 34.8. The molecule has 8 N–H and O–H groups in total. The van der Waals surface area contributed by atoms with E-state index in [1.807, 2.05) is 27.7 Å². The summed E-state index contributed by atoms with van der Waals surface area (Å²) in [6, 6.07) is -1.83. The maximum atomic E-state index is 12.3. The van der Waals surface area contributed by atoms with Crippen LogP contribution in [0.5, 0.6) is 0 Å². The normalized spacial score (nSPS) is 15.5. The Morgan fingerprint density at radius 2 is 1.08 bits per heavy atom. The molecular weight excluding hydrogens is 809 g/mol. The Balaban J connectivity index is 0. The van der Waals surface area contributed by atoms with E-state index in [1.165, 1.54) is 19.3 Å². The van der Waals surface area contributed by atoms with Crippen molar-refractivity contribution in [3.05, 3.63) is 0 Å². The summed E-state index contributed by atoms with van der Waals surface area (Å²) in [4.78, 5) is 82.7. The quantitative estimate of drug-likeness (QED) is 0.0245. The smallest absolute Gasteiger partial charge is 0.326 e. The average Bonchev–Trinajstić information content (AvgIpc) is 3.22. The van der Waals surface area contributed by atoms with Crippen molar-refractivity contribution in [3.8, 4) is 0 Å². The van der Waals surface area contributed by atoms with E-state index in [0.717, 1.165) is 70.6 Å². The Hall–Kier alpha value is -2.89. The van der Waals surface area contributed by atoms with E-state index in [0.29, 0.717) is 64.6 Å². The van der Waals surface area contributed by atoms with Crippen LogP contribution in [0.15, 0.2) is 0 Å². The molecule has 4 amide bonds. The number of thiol groups is 2. The average molecular weight is 891 g/mol. The third-order valence-corrected chi connectivity index (χ3v) is 10.6. The van der Waals surface area contributed by atoms with E-state index in [4.69, 9.17) is 5.11 Å². The number of nitrogens with one attached hydrogen (secondary N) is 6. The molecule has 0 aliphatic carbocycles. The number of rotatable bonds is 36. The van der Waals surface area contributed by atoms with Crippen molar-refractivity contribution in [2.45, 2.75) is 212 Å². The van der Waals surface area contributed by atoms with Crippen molar-refractivity contribution in [2.75, 3.05) is 19.6 Å². The number of aliphatic carboxylic acids is 2.